The van der Waals surface area contributed by atoms with Crippen LogP contribution in [0.25, 0.3) is 11.1 Å². The van der Waals surface area contributed by atoms with Crippen LogP contribution in [0.5, 0.6) is 0 Å². The first-order valence-corrected chi connectivity index (χ1v) is 6.47. The molecule has 2 aromatic carbocycles. The quantitative estimate of drug-likeness (QED) is 0.678. The zero-order valence-electron chi connectivity index (χ0n) is 11.5. The number of hydrogen-bond acceptors (Lipinski definition) is 2. The molecule has 0 bridgehead atoms. The second kappa shape index (κ2) is 5.70. The Morgan fingerprint density at radius 2 is 1.60 bits per heavy atom. The van der Waals surface area contributed by atoms with Gasteiger partial charge in [0.1, 0.15) is 0 Å². The van der Waals surface area contributed by atoms with Crippen molar-refractivity contribution in [2.45, 2.75) is 19.8 Å². The fourth-order valence-electron chi connectivity index (χ4n) is 2.02. The Morgan fingerprint density at radius 3 is 2.15 bits per heavy atom. The van der Waals surface area contributed by atoms with E-state index in [1.165, 1.54) is 11.6 Å². The van der Waals surface area contributed by atoms with Gasteiger partial charge in [-0.3, -0.25) is 4.79 Å². The highest BCUT2D eigenvalue weighted by Crippen LogP contribution is 2.23. The minimum Gasteiger partial charge on any atom is -0.475 e. The number of rotatable bonds is 4. The van der Waals surface area contributed by atoms with Crippen LogP contribution >= 0.6 is 0 Å². The Labute approximate surface area is 117 Å². The molecule has 2 rings (SSSR count). The highest BCUT2D eigenvalue weighted by Gasteiger charge is 2.14. The number of carboxylic acids is 1. The second-order valence-corrected chi connectivity index (χ2v) is 4.99. The molecule has 20 heavy (non-hydrogen) atoms. The largest absolute Gasteiger partial charge is 0.475 e. The third-order valence-corrected chi connectivity index (χ3v) is 3.23. The number of carboxylic acid groups (broad SMARTS) is 1. The Hall–Kier alpha value is -2.42. The van der Waals surface area contributed by atoms with E-state index in [-0.39, 0.29) is 5.56 Å². The van der Waals surface area contributed by atoms with Crippen molar-refractivity contribution >= 4 is 11.8 Å². The zero-order chi connectivity index (χ0) is 14.7. The number of hydrogen-bond donors (Lipinski definition) is 1. The third kappa shape index (κ3) is 2.94. The van der Waals surface area contributed by atoms with Gasteiger partial charge >= 0.3 is 5.97 Å². The van der Waals surface area contributed by atoms with Crippen LogP contribution in [0.2, 0.25) is 0 Å². The van der Waals surface area contributed by atoms with E-state index in [1.54, 1.807) is 12.1 Å². The predicted octanol–water partition coefficient (Wildman–Crippen LogP) is 3.74. The zero-order valence-corrected chi connectivity index (χ0v) is 11.5. The first kappa shape index (κ1) is 14.0. The lowest BCUT2D eigenvalue weighted by atomic mass is 9.97. The molecule has 0 spiro atoms. The fraction of sp³-hybridized carbons (Fsp3) is 0.176. The lowest BCUT2D eigenvalue weighted by Gasteiger charge is -2.08. The monoisotopic (exact) mass is 268 g/mol. The minimum absolute atomic E-state index is 0.197. The molecule has 0 aromatic heterocycles. The van der Waals surface area contributed by atoms with Crippen molar-refractivity contribution in [3.8, 4) is 11.1 Å². The van der Waals surface area contributed by atoms with Gasteiger partial charge in [0.15, 0.2) is 0 Å². The van der Waals surface area contributed by atoms with Gasteiger partial charge in [0.25, 0.3) is 5.78 Å². The molecule has 0 heterocycles. The highest BCUT2D eigenvalue weighted by molar-refractivity contribution is 6.39. The van der Waals surface area contributed by atoms with Crippen LogP contribution in [0, 0.1) is 0 Å². The lowest BCUT2D eigenvalue weighted by Crippen LogP contribution is -2.12. The third-order valence-electron chi connectivity index (χ3n) is 3.23. The molecule has 0 fully saturated rings. The summed E-state index contributed by atoms with van der Waals surface area (Å²) in [6, 6.07) is 14.8. The van der Waals surface area contributed by atoms with Crippen molar-refractivity contribution in [2.24, 2.45) is 0 Å². The van der Waals surface area contributed by atoms with Gasteiger partial charge in [-0.05, 0) is 28.7 Å². The van der Waals surface area contributed by atoms with E-state index in [0.29, 0.717) is 5.92 Å². The maximum absolute atomic E-state index is 11.5. The molecule has 0 unspecified atom stereocenters. The van der Waals surface area contributed by atoms with E-state index in [4.69, 9.17) is 5.11 Å². The Balaban J connectivity index is 2.36. The average Bonchev–Trinajstić information content (AvgIpc) is 2.46. The van der Waals surface area contributed by atoms with Gasteiger partial charge in [0, 0.05) is 5.56 Å². The molecular weight excluding hydrogens is 252 g/mol. The summed E-state index contributed by atoms with van der Waals surface area (Å²) >= 11 is 0. The van der Waals surface area contributed by atoms with Crippen molar-refractivity contribution in [3.05, 3.63) is 59.7 Å². The Kier molecular flexibility index (Phi) is 3.99. The number of Topliss-reactive ketones (excluding diaryl/α,β-unsaturated/α-hetero) is 1. The van der Waals surface area contributed by atoms with Crippen molar-refractivity contribution in [1.82, 2.24) is 0 Å². The van der Waals surface area contributed by atoms with Crippen LogP contribution in [-0.2, 0) is 4.79 Å². The van der Waals surface area contributed by atoms with Gasteiger partial charge in [0.2, 0.25) is 0 Å². The fourth-order valence-corrected chi connectivity index (χ4v) is 2.02. The summed E-state index contributed by atoms with van der Waals surface area (Å²) in [5.41, 5.74) is 3.25. The van der Waals surface area contributed by atoms with Crippen LogP contribution in [-0.4, -0.2) is 16.9 Å². The summed E-state index contributed by atoms with van der Waals surface area (Å²) in [7, 11) is 0. The molecule has 3 nitrogen and oxygen atoms in total. The molecule has 102 valence electrons. The van der Waals surface area contributed by atoms with Crippen molar-refractivity contribution in [3.63, 3.8) is 0 Å². The predicted molar refractivity (Wildman–Crippen MR) is 77.9 cm³/mol. The molecule has 0 atom stereocenters. The van der Waals surface area contributed by atoms with Gasteiger partial charge in [-0.2, -0.15) is 0 Å². The van der Waals surface area contributed by atoms with E-state index in [0.717, 1.165) is 11.1 Å². The lowest BCUT2D eigenvalue weighted by molar-refractivity contribution is -0.131. The number of ketones is 1. The molecule has 3 heteroatoms. The molecule has 0 saturated carbocycles. The average molecular weight is 268 g/mol. The maximum atomic E-state index is 11.5. The van der Waals surface area contributed by atoms with Crippen LogP contribution in [0.4, 0.5) is 0 Å². The maximum Gasteiger partial charge on any atom is 0.377 e. The first-order valence-electron chi connectivity index (χ1n) is 6.47. The van der Waals surface area contributed by atoms with E-state index in [2.05, 4.69) is 13.8 Å². The summed E-state index contributed by atoms with van der Waals surface area (Å²) < 4.78 is 0. The van der Waals surface area contributed by atoms with Gasteiger partial charge in [-0.1, -0.05) is 56.3 Å². The van der Waals surface area contributed by atoms with Gasteiger partial charge in [-0.25, -0.2) is 4.79 Å². The van der Waals surface area contributed by atoms with Gasteiger partial charge in [-0.15, -0.1) is 0 Å². The van der Waals surface area contributed by atoms with Gasteiger partial charge < -0.3 is 5.11 Å². The van der Waals surface area contributed by atoms with E-state index in [1.807, 2.05) is 30.3 Å². The number of aliphatic carboxylic acids is 1. The Morgan fingerprint density at radius 1 is 0.950 bits per heavy atom. The van der Waals surface area contributed by atoms with E-state index >= 15 is 0 Å². The van der Waals surface area contributed by atoms with Crippen molar-refractivity contribution < 1.29 is 14.7 Å². The summed E-state index contributed by atoms with van der Waals surface area (Å²) in [6.07, 6.45) is 0. The van der Waals surface area contributed by atoms with Crippen LogP contribution in [0.1, 0.15) is 35.7 Å². The normalized spacial score (nSPS) is 10.6. The van der Waals surface area contributed by atoms with Crippen LogP contribution < -0.4 is 0 Å². The molecule has 1 N–H and O–H groups in total. The number of carbonyl (C=O) groups excluding carboxylic acids is 1. The highest BCUT2D eigenvalue weighted by atomic mass is 16.4. The van der Waals surface area contributed by atoms with Gasteiger partial charge in [0.05, 0.1) is 0 Å². The smallest absolute Gasteiger partial charge is 0.377 e. The summed E-state index contributed by atoms with van der Waals surface area (Å²) in [5.74, 6) is -1.85. The molecule has 0 amide bonds. The van der Waals surface area contributed by atoms with E-state index < -0.39 is 11.8 Å². The molecule has 0 aliphatic heterocycles. The SMILES string of the molecule is CC(C)c1ccc(-c2cccc(C(=O)C(=O)O)c2)cc1. The molecule has 0 saturated heterocycles. The van der Waals surface area contributed by atoms with E-state index in [9.17, 15) is 9.59 Å². The molecule has 2 aromatic rings. The minimum atomic E-state index is -1.43. The van der Waals surface area contributed by atoms with Crippen LogP contribution in [0.15, 0.2) is 48.5 Å². The number of carbonyl (C=O) groups is 2. The molecular formula is C17H16O3. The topological polar surface area (TPSA) is 54.4 Å². The summed E-state index contributed by atoms with van der Waals surface area (Å²) in [5, 5.41) is 8.74. The molecule has 0 radical (unpaired) electrons. The van der Waals surface area contributed by atoms with Crippen LogP contribution in [0.3, 0.4) is 0 Å². The van der Waals surface area contributed by atoms with Crippen molar-refractivity contribution in [2.75, 3.05) is 0 Å². The number of benzene rings is 2. The first-order chi connectivity index (χ1) is 9.49. The molecule has 0 aliphatic carbocycles. The summed E-state index contributed by atoms with van der Waals surface area (Å²) in [6.45, 7) is 4.25. The second-order valence-electron chi connectivity index (χ2n) is 4.99. The van der Waals surface area contributed by atoms with Crippen molar-refractivity contribution in [1.29, 1.82) is 0 Å². The standard InChI is InChI=1S/C17H16O3/c1-11(2)12-6-8-13(9-7-12)14-4-3-5-15(10-14)16(18)17(19)20/h3-11H,1-2H3,(H,19,20). The molecule has 0 aliphatic rings. The Bertz CT molecular complexity index is 640. The summed E-state index contributed by atoms with van der Waals surface area (Å²) in [4.78, 5) is 22.2.